The number of nitrogens with zero attached hydrogens (tertiary/aromatic N) is 2. The van der Waals surface area contributed by atoms with Crippen molar-refractivity contribution >= 4 is 21.6 Å². The van der Waals surface area contributed by atoms with Crippen LogP contribution in [0.15, 0.2) is 24.3 Å². The van der Waals surface area contributed by atoms with Crippen molar-refractivity contribution in [2.45, 2.75) is 6.42 Å². The molecule has 0 saturated heterocycles. The summed E-state index contributed by atoms with van der Waals surface area (Å²) in [6, 6.07) is 8.43. The van der Waals surface area contributed by atoms with E-state index in [-0.39, 0.29) is 0 Å². The molecule has 14 heavy (non-hydrogen) atoms. The fourth-order valence-corrected chi connectivity index (χ4v) is 2.27. The van der Waals surface area contributed by atoms with Crippen LogP contribution in [0, 0.1) is 0 Å². The number of fused-ring (bicyclic) bond motifs is 1. The molecule has 0 N–H and O–H groups in total. The lowest BCUT2D eigenvalue weighted by atomic mass is 10.2. The molecule has 74 valence electrons. The Morgan fingerprint density at radius 3 is 2.86 bits per heavy atom. The summed E-state index contributed by atoms with van der Waals surface area (Å²) in [6.45, 7) is 1.06. The van der Waals surface area contributed by atoms with E-state index in [1.54, 1.807) is 11.5 Å². The van der Waals surface area contributed by atoms with Crippen molar-refractivity contribution in [1.29, 1.82) is 0 Å². The van der Waals surface area contributed by atoms with Crippen LogP contribution in [0.2, 0.25) is 0 Å². The molecule has 0 saturated carbocycles. The zero-order chi connectivity index (χ0) is 9.97. The molecule has 2 rings (SSSR count). The van der Waals surface area contributed by atoms with Crippen LogP contribution in [0.4, 0.5) is 0 Å². The first-order chi connectivity index (χ1) is 6.77. The Hall–Kier alpha value is -0.930. The Bertz CT molecular complexity index is 420. The third-order valence-corrected chi connectivity index (χ3v) is 3.11. The van der Waals surface area contributed by atoms with Crippen LogP contribution in [0.3, 0.4) is 0 Å². The Balaban J connectivity index is 2.25. The van der Waals surface area contributed by atoms with Gasteiger partial charge >= 0.3 is 0 Å². The number of hydrogen-bond acceptors (Lipinski definition) is 3. The van der Waals surface area contributed by atoms with Gasteiger partial charge in [0.05, 0.1) is 10.4 Å². The fraction of sp³-hybridized carbons (Fsp3) is 0.364. The van der Waals surface area contributed by atoms with Gasteiger partial charge in [-0.05, 0) is 31.7 Å². The van der Waals surface area contributed by atoms with Crippen LogP contribution < -0.4 is 0 Å². The first-order valence-electron chi connectivity index (χ1n) is 4.75. The summed E-state index contributed by atoms with van der Waals surface area (Å²) in [6.07, 6.45) is 1.04. The maximum atomic E-state index is 4.48. The molecule has 0 spiro atoms. The van der Waals surface area contributed by atoms with E-state index in [0.717, 1.165) is 13.0 Å². The van der Waals surface area contributed by atoms with Crippen LogP contribution in [0.5, 0.6) is 0 Å². The number of aromatic nitrogens is 1. The maximum absolute atomic E-state index is 4.48. The van der Waals surface area contributed by atoms with E-state index in [1.165, 1.54) is 15.8 Å². The number of benzene rings is 1. The molecule has 0 atom stereocenters. The lowest BCUT2D eigenvalue weighted by molar-refractivity contribution is 0.413. The predicted octanol–water partition coefficient (Wildman–Crippen LogP) is 2.40. The van der Waals surface area contributed by atoms with Gasteiger partial charge in [0.2, 0.25) is 0 Å². The van der Waals surface area contributed by atoms with Gasteiger partial charge in [0.1, 0.15) is 0 Å². The fourth-order valence-electron chi connectivity index (χ4n) is 1.45. The molecule has 1 heterocycles. The van der Waals surface area contributed by atoms with Gasteiger partial charge in [0.15, 0.2) is 0 Å². The van der Waals surface area contributed by atoms with E-state index in [2.05, 4.69) is 47.6 Å². The Labute approximate surface area is 88.3 Å². The first-order valence-corrected chi connectivity index (χ1v) is 5.53. The zero-order valence-corrected chi connectivity index (χ0v) is 9.34. The van der Waals surface area contributed by atoms with Crippen molar-refractivity contribution in [2.75, 3.05) is 20.6 Å². The monoisotopic (exact) mass is 206 g/mol. The molecule has 0 aliphatic rings. The minimum atomic E-state index is 1.04. The molecule has 1 aromatic heterocycles. The average Bonchev–Trinajstić information content (AvgIpc) is 2.58. The van der Waals surface area contributed by atoms with Gasteiger partial charge in [-0.15, -0.1) is 0 Å². The number of hydrogen-bond donors (Lipinski definition) is 0. The minimum Gasteiger partial charge on any atom is -0.309 e. The molecular formula is C11H14N2S. The van der Waals surface area contributed by atoms with Crippen molar-refractivity contribution in [1.82, 2.24) is 9.27 Å². The van der Waals surface area contributed by atoms with Crippen LogP contribution in [0.25, 0.3) is 10.1 Å². The second-order valence-electron chi connectivity index (χ2n) is 3.68. The normalized spacial score (nSPS) is 11.4. The molecule has 2 nitrogen and oxygen atoms in total. The van der Waals surface area contributed by atoms with E-state index in [9.17, 15) is 0 Å². The minimum absolute atomic E-state index is 1.04. The Morgan fingerprint density at radius 2 is 2.07 bits per heavy atom. The summed E-state index contributed by atoms with van der Waals surface area (Å²) >= 11 is 1.60. The largest absolute Gasteiger partial charge is 0.309 e. The van der Waals surface area contributed by atoms with Crippen LogP contribution >= 0.6 is 11.5 Å². The second-order valence-corrected chi connectivity index (χ2v) is 4.48. The first kappa shape index (κ1) is 9.62. The average molecular weight is 206 g/mol. The van der Waals surface area contributed by atoms with Crippen LogP contribution in [-0.2, 0) is 6.42 Å². The van der Waals surface area contributed by atoms with E-state index >= 15 is 0 Å². The van der Waals surface area contributed by atoms with Gasteiger partial charge in [-0.1, -0.05) is 18.2 Å². The third kappa shape index (κ3) is 1.94. The number of likely N-dealkylation sites (N-methyl/N-ethyl adjacent to an activating group) is 1. The van der Waals surface area contributed by atoms with Crippen LogP contribution in [0.1, 0.15) is 5.69 Å². The molecule has 1 aromatic carbocycles. The summed E-state index contributed by atoms with van der Waals surface area (Å²) in [4.78, 5) is 2.19. The van der Waals surface area contributed by atoms with Gasteiger partial charge in [0, 0.05) is 18.4 Å². The molecule has 0 bridgehead atoms. The highest BCUT2D eigenvalue weighted by Gasteiger charge is 2.04. The smallest absolute Gasteiger partial charge is 0.0633 e. The lowest BCUT2D eigenvalue weighted by Gasteiger charge is -2.07. The molecule has 2 aromatic rings. The highest BCUT2D eigenvalue weighted by atomic mass is 32.1. The van der Waals surface area contributed by atoms with Crippen molar-refractivity contribution in [2.24, 2.45) is 0 Å². The van der Waals surface area contributed by atoms with Crippen molar-refractivity contribution in [3.8, 4) is 0 Å². The van der Waals surface area contributed by atoms with E-state index in [4.69, 9.17) is 0 Å². The van der Waals surface area contributed by atoms with Gasteiger partial charge in [0.25, 0.3) is 0 Å². The highest BCUT2D eigenvalue weighted by Crippen LogP contribution is 2.22. The van der Waals surface area contributed by atoms with Gasteiger partial charge in [-0.2, -0.15) is 4.37 Å². The summed E-state index contributed by atoms with van der Waals surface area (Å²) in [7, 11) is 4.18. The summed E-state index contributed by atoms with van der Waals surface area (Å²) in [5, 5.41) is 1.32. The van der Waals surface area contributed by atoms with Crippen molar-refractivity contribution in [3.63, 3.8) is 0 Å². The predicted molar refractivity (Wildman–Crippen MR) is 61.9 cm³/mol. The molecule has 0 aliphatic heterocycles. The van der Waals surface area contributed by atoms with Gasteiger partial charge in [-0.3, -0.25) is 0 Å². The molecule has 0 fully saturated rings. The number of rotatable bonds is 3. The quantitative estimate of drug-likeness (QED) is 0.766. The van der Waals surface area contributed by atoms with Crippen LogP contribution in [-0.4, -0.2) is 29.9 Å². The standard InChI is InChI=1S/C11H14N2S/c1-13(2)8-7-10-9-5-3-4-6-11(9)14-12-10/h3-6H,7-8H2,1-2H3. The Kier molecular flexibility index (Phi) is 2.79. The van der Waals surface area contributed by atoms with Gasteiger partial charge < -0.3 is 4.90 Å². The molecule has 0 radical (unpaired) electrons. The van der Waals surface area contributed by atoms with Crippen molar-refractivity contribution in [3.05, 3.63) is 30.0 Å². The molecule has 0 unspecified atom stereocenters. The van der Waals surface area contributed by atoms with Crippen molar-refractivity contribution < 1.29 is 0 Å². The SMILES string of the molecule is CN(C)CCc1nsc2ccccc12. The summed E-state index contributed by atoms with van der Waals surface area (Å²) in [5.41, 5.74) is 1.24. The topological polar surface area (TPSA) is 16.1 Å². The highest BCUT2D eigenvalue weighted by molar-refractivity contribution is 7.13. The van der Waals surface area contributed by atoms with E-state index in [1.807, 2.05) is 0 Å². The maximum Gasteiger partial charge on any atom is 0.0633 e. The second kappa shape index (κ2) is 4.07. The summed E-state index contributed by atoms with van der Waals surface area (Å²) < 4.78 is 5.78. The molecule has 0 amide bonds. The molecule has 0 aliphatic carbocycles. The Morgan fingerprint density at radius 1 is 1.29 bits per heavy atom. The van der Waals surface area contributed by atoms with Gasteiger partial charge in [-0.25, -0.2) is 0 Å². The summed E-state index contributed by atoms with van der Waals surface area (Å²) in [5.74, 6) is 0. The molecule has 3 heteroatoms. The lowest BCUT2D eigenvalue weighted by Crippen LogP contribution is -2.15. The van der Waals surface area contributed by atoms with E-state index < -0.39 is 0 Å². The molecular weight excluding hydrogens is 192 g/mol. The van der Waals surface area contributed by atoms with E-state index in [0.29, 0.717) is 0 Å². The third-order valence-electron chi connectivity index (χ3n) is 2.25. The zero-order valence-electron chi connectivity index (χ0n) is 8.53.